The molecule has 12 heteroatoms. The highest BCUT2D eigenvalue weighted by Gasteiger charge is 2.29. The lowest BCUT2D eigenvalue weighted by atomic mass is 10.2. The molecule has 0 aliphatic carbocycles. The number of hydrazine groups is 1. The highest BCUT2D eigenvalue weighted by molar-refractivity contribution is 8.02. The van der Waals surface area contributed by atoms with Gasteiger partial charge in [-0.05, 0) is 6.42 Å². The number of hydrogen-bond acceptors (Lipinski definition) is 5. The summed E-state index contributed by atoms with van der Waals surface area (Å²) in [6.07, 6.45) is 0.380. The van der Waals surface area contributed by atoms with Crippen LogP contribution in [0.2, 0.25) is 0 Å². The van der Waals surface area contributed by atoms with E-state index in [-0.39, 0.29) is 22.5 Å². The Labute approximate surface area is 137 Å². The zero-order valence-electron chi connectivity index (χ0n) is 11.8. The molecule has 0 bridgehead atoms. The molecule has 1 heterocycles. The number of anilines is 1. The highest BCUT2D eigenvalue weighted by atomic mass is 32.2. The molecular weight excluding hydrogens is 379 g/mol. The van der Waals surface area contributed by atoms with E-state index >= 15 is 0 Å². The Morgan fingerprint density at radius 2 is 1.58 bits per heavy atom. The van der Waals surface area contributed by atoms with Crippen LogP contribution in [0.1, 0.15) is 6.42 Å². The molecule has 0 radical (unpaired) electrons. The van der Waals surface area contributed by atoms with Gasteiger partial charge in [0.1, 0.15) is 5.69 Å². The summed E-state index contributed by atoms with van der Waals surface area (Å²) >= 11 is 1.02. The minimum Gasteiger partial charge on any atom is -0.293 e. The van der Waals surface area contributed by atoms with Crippen LogP contribution in [0.25, 0.3) is 0 Å². The topological polar surface area (TPSA) is 75.3 Å². The van der Waals surface area contributed by atoms with Crippen molar-refractivity contribution in [3.63, 3.8) is 0 Å². The van der Waals surface area contributed by atoms with Crippen LogP contribution in [0, 0.1) is 29.1 Å². The van der Waals surface area contributed by atoms with Gasteiger partial charge in [-0.2, -0.15) is 0 Å². The minimum absolute atomic E-state index is 0.0229. The Kier molecular flexibility index (Phi) is 5.58. The Morgan fingerprint density at radius 1 is 1.04 bits per heavy atom. The summed E-state index contributed by atoms with van der Waals surface area (Å²) in [5.74, 6) is -11.9. The lowest BCUT2D eigenvalue weighted by Gasteiger charge is -2.12. The van der Waals surface area contributed by atoms with Crippen LogP contribution in [0.3, 0.4) is 0 Å². The van der Waals surface area contributed by atoms with Crippen LogP contribution in [-0.4, -0.2) is 36.8 Å². The average Bonchev–Trinajstić information content (AvgIpc) is 2.88. The van der Waals surface area contributed by atoms with Gasteiger partial charge in [0.25, 0.3) is 0 Å². The Bertz CT molecular complexity index is 743. The third-order valence-corrected chi connectivity index (χ3v) is 6.46. The second kappa shape index (κ2) is 7.13. The average molecular weight is 390 g/mol. The molecular formula is C12H11F5N2O3S2. The third-order valence-electron chi connectivity index (χ3n) is 3.18. The van der Waals surface area contributed by atoms with Gasteiger partial charge in [0.2, 0.25) is 11.7 Å². The van der Waals surface area contributed by atoms with Crippen LogP contribution in [0.15, 0.2) is 0 Å². The first-order chi connectivity index (χ1) is 11.1. The van der Waals surface area contributed by atoms with Crippen molar-refractivity contribution < 1.29 is 35.2 Å². The van der Waals surface area contributed by atoms with E-state index in [2.05, 4.69) is 0 Å². The van der Waals surface area contributed by atoms with Gasteiger partial charge in [0.05, 0.1) is 17.3 Å². The van der Waals surface area contributed by atoms with Gasteiger partial charge >= 0.3 is 0 Å². The third kappa shape index (κ3) is 4.09. The van der Waals surface area contributed by atoms with E-state index in [1.54, 1.807) is 10.9 Å². The summed E-state index contributed by atoms with van der Waals surface area (Å²) in [4.78, 5) is 11.5. The number of carbonyl (C=O) groups excluding carboxylic acids is 1. The van der Waals surface area contributed by atoms with Gasteiger partial charge in [-0.25, -0.2) is 30.4 Å². The molecule has 1 amide bonds. The molecule has 0 aromatic heterocycles. The maximum Gasteiger partial charge on any atom is 0.248 e. The highest BCUT2D eigenvalue weighted by Crippen LogP contribution is 2.27. The molecule has 24 heavy (non-hydrogen) atoms. The van der Waals surface area contributed by atoms with Crippen molar-refractivity contribution in [1.82, 2.24) is 5.43 Å². The summed E-state index contributed by atoms with van der Waals surface area (Å²) in [7, 11) is -3.11. The zero-order valence-corrected chi connectivity index (χ0v) is 13.5. The molecule has 1 saturated heterocycles. The number of thioether (sulfide) groups is 1. The normalized spacial score (nSPS) is 19.3. The SMILES string of the molecule is O=C(CS[C@H]1CCS(=O)(=O)C1)NNc1c(F)c(F)c(F)c(F)c1F. The molecule has 134 valence electrons. The summed E-state index contributed by atoms with van der Waals surface area (Å²) < 4.78 is 88.0. The molecule has 1 fully saturated rings. The zero-order chi connectivity index (χ0) is 18.1. The molecule has 1 aromatic carbocycles. The predicted octanol–water partition coefficient (Wildman–Crippen LogP) is 1.75. The number of rotatable bonds is 5. The quantitative estimate of drug-likeness (QED) is 0.347. The Balaban J connectivity index is 1.93. The van der Waals surface area contributed by atoms with Crippen LogP contribution >= 0.6 is 11.8 Å². The maximum absolute atomic E-state index is 13.4. The molecule has 1 aromatic rings. The van der Waals surface area contributed by atoms with Gasteiger partial charge in [0, 0.05) is 5.25 Å². The monoisotopic (exact) mass is 390 g/mol. The van der Waals surface area contributed by atoms with Crippen LogP contribution in [-0.2, 0) is 14.6 Å². The number of benzene rings is 1. The van der Waals surface area contributed by atoms with Gasteiger partial charge in [-0.3, -0.25) is 15.6 Å². The van der Waals surface area contributed by atoms with E-state index in [1.807, 2.05) is 0 Å². The van der Waals surface area contributed by atoms with Crippen molar-refractivity contribution in [2.24, 2.45) is 0 Å². The van der Waals surface area contributed by atoms with Crippen molar-refractivity contribution in [3.05, 3.63) is 29.1 Å². The second-order valence-corrected chi connectivity index (χ2v) is 8.47. The molecule has 2 rings (SSSR count). The molecule has 5 nitrogen and oxygen atoms in total. The molecule has 0 spiro atoms. The first-order valence-corrected chi connectivity index (χ1v) is 9.37. The van der Waals surface area contributed by atoms with Crippen molar-refractivity contribution in [2.45, 2.75) is 11.7 Å². The van der Waals surface area contributed by atoms with Crippen LogP contribution in [0.4, 0.5) is 27.6 Å². The molecule has 1 atom stereocenters. The van der Waals surface area contributed by atoms with Gasteiger partial charge in [-0.1, -0.05) is 0 Å². The fourth-order valence-electron chi connectivity index (χ4n) is 1.97. The van der Waals surface area contributed by atoms with Crippen LogP contribution < -0.4 is 10.9 Å². The number of halogens is 5. The van der Waals surface area contributed by atoms with E-state index in [0.29, 0.717) is 6.42 Å². The van der Waals surface area contributed by atoms with Crippen molar-refractivity contribution in [1.29, 1.82) is 0 Å². The standard InChI is InChI=1S/C12H11F5N2O3S2/c13-7-8(14)10(16)12(11(17)9(7)15)19-18-6(20)3-23-5-1-2-24(21,22)4-5/h5,19H,1-4H2,(H,18,20)/t5-/m0/s1. The first kappa shape index (κ1) is 18.8. The minimum atomic E-state index is -3.11. The lowest BCUT2D eigenvalue weighted by molar-refractivity contribution is -0.118. The van der Waals surface area contributed by atoms with Crippen molar-refractivity contribution >= 4 is 33.2 Å². The van der Waals surface area contributed by atoms with E-state index in [4.69, 9.17) is 0 Å². The smallest absolute Gasteiger partial charge is 0.248 e. The number of carbonyl (C=O) groups is 1. The number of nitrogens with one attached hydrogen (secondary N) is 2. The van der Waals surface area contributed by atoms with Gasteiger partial charge < -0.3 is 0 Å². The fourth-order valence-corrected chi connectivity index (χ4v) is 5.41. The molecule has 0 saturated carbocycles. The maximum atomic E-state index is 13.4. The van der Waals surface area contributed by atoms with Crippen molar-refractivity contribution in [3.8, 4) is 0 Å². The Hall–Kier alpha value is -1.56. The summed E-state index contributed by atoms with van der Waals surface area (Å²) in [5, 5.41) is -0.282. The number of sulfone groups is 1. The van der Waals surface area contributed by atoms with E-state index in [1.165, 1.54) is 0 Å². The lowest BCUT2D eigenvalue weighted by Crippen LogP contribution is -2.33. The Morgan fingerprint density at radius 3 is 2.08 bits per heavy atom. The largest absolute Gasteiger partial charge is 0.293 e. The summed E-state index contributed by atoms with van der Waals surface area (Å²) in [5.41, 5.74) is 2.08. The second-order valence-electron chi connectivity index (χ2n) is 4.95. The number of hydrogen-bond donors (Lipinski definition) is 2. The molecule has 0 unspecified atom stereocenters. The first-order valence-electron chi connectivity index (χ1n) is 6.50. The van der Waals surface area contributed by atoms with Crippen molar-refractivity contribution in [2.75, 3.05) is 22.7 Å². The summed E-state index contributed by atoms with van der Waals surface area (Å²) in [6.45, 7) is 0. The summed E-state index contributed by atoms with van der Waals surface area (Å²) in [6, 6.07) is 0. The molecule has 2 N–H and O–H groups in total. The predicted molar refractivity (Wildman–Crippen MR) is 77.5 cm³/mol. The van der Waals surface area contributed by atoms with E-state index in [9.17, 15) is 35.2 Å². The van der Waals surface area contributed by atoms with Crippen LogP contribution in [0.5, 0.6) is 0 Å². The molecule has 1 aliphatic heterocycles. The van der Waals surface area contributed by atoms with E-state index < -0.39 is 50.5 Å². The van der Waals surface area contributed by atoms with Gasteiger partial charge in [0.15, 0.2) is 33.1 Å². The molecule has 1 aliphatic rings. The van der Waals surface area contributed by atoms with Gasteiger partial charge in [-0.15, -0.1) is 11.8 Å². The fraction of sp³-hybridized carbons (Fsp3) is 0.417. The van der Waals surface area contributed by atoms with E-state index in [0.717, 1.165) is 11.8 Å². The number of amides is 1.